The fraction of sp³-hybridized carbons (Fsp3) is 0.833. The third-order valence-corrected chi connectivity index (χ3v) is 1.61. The van der Waals surface area contributed by atoms with E-state index in [0.717, 1.165) is 0 Å². The fourth-order valence-electron chi connectivity index (χ4n) is 0.988. The highest BCUT2D eigenvalue weighted by Gasteiger charge is 2.41. The van der Waals surface area contributed by atoms with Crippen molar-refractivity contribution >= 4 is 0 Å². The van der Waals surface area contributed by atoms with Crippen molar-refractivity contribution in [2.24, 2.45) is 0 Å². The topological polar surface area (TPSA) is 15.3 Å². The lowest BCUT2D eigenvalue weighted by Crippen LogP contribution is -2.53. The normalized spacial score (nSPS) is 28.9. The minimum Gasteiger partial charge on any atom is -0.303 e. The van der Waals surface area contributed by atoms with Crippen LogP contribution in [0.3, 0.4) is 0 Å². The van der Waals surface area contributed by atoms with Crippen molar-refractivity contribution < 1.29 is 13.2 Å². The molecule has 1 rings (SSSR count). The Kier molecular flexibility index (Phi) is 2.39. The maximum atomic E-state index is 12.0. The van der Waals surface area contributed by atoms with Crippen LogP contribution in [0.25, 0.3) is 0 Å². The monoisotopic (exact) mass is 167 g/mol. The number of rotatable bonds is 0. The Bertz CT molecular complexity index is 134. The SMILES string of the molecule is CN1C[CH]NC(C(F)(F)F)C1. The molecular weight excluding hydrogens is 157 g/mol. The minimum atomic E-state index is -4.13. The van der Waals surface area contributed by atoms with Crippen LogP contribution in [-0.4, -0.2) is 37.3 Å². The molecule has 0 aromatic heterocycles. The highest BCUT2D eigenvalue weighted by Crippen LogP contribution is 2.22. The van der Waals surface area contributed by atoms with Crippen LogP contribution in [0.5, 0.6) is 0 Å². The second kappa shape index (κ2) is 2.98. The van der Waals surface area contributed by atoms with Crippen molar-refractivity contribution in [1.29, 1.82) is 0 Å². The molecule has 1 saturated heterocycles. The maximum Gasteiger partial charge on any atom is 0.405 e. The van der Waals surface area contributed by atoms with E-state index in [1.54, 1.807) is 11.9 Å². The predicted octanol–water partition coefficient (Wildman–Crippen LogP) is 0.614. The smallest absolute Gasteiger partial charge is 0.303 e. The average Bonchev–Trinajstić information content (AvgIpc) is 1.86. The first-order valence-electron chi connectivity index (χ1n) is 3.33. The Morgan fingerprint density at radius 3 is 2.55 bits per heavy atom. The lowest BCUT2D eigenvalue weighted by Gasteiger charge is -2.31. The lowest BCUT2D eigenvalue weighted by atomic mass is 10.2. The van der Waals surface area contributed by atoms with Crippen molar-refractivity contribution in [3.63, 3.8) is 0 Å². The molecule has 1 heterocycles. The van der Waals surface area contributed by atoms with E-state index in [1.165, 1.54) is 6.54 Å². The van der Waals surface area contributed by atoms with Gasteiger partial charge in [0.15, 0.2) is 0 Å². The van der Waals surface area contributed by atoms with Crippen molar-refractivity contribution in [3.05, 3.63) is 6.54 Å². The van der Waals surface area contributed by atoms with Crippen LogP contribution in [0.4, 0.5) is 13.2 Å². The Hall–Kier alpha value is -0.290. The number of halogens is 3. The van der Waals surface area contributed by atoms with Crippen molar-refractivity contribution in [1.82, 2.24) is 10.2 Å². The van der Waals surface area contributed by atoms with Gasteiger partial charge in [0.05, 0.1) is 0 Å². The van der Waals surface area contributed by atoms with E-state index in [9.17, 15) is 13.2 Å². The first kappa shape index (κ1) is 8.80. The quantitative estimate of drug-likeness (QED) is 0.568. The summed E-state index contributed by atoms with van der Waals surface area (Å²) in [5.74, 6) is 0. The number of piperazine rings is 1. The van der Waals surface area contributed by atoms with E-state index in [2.05, 4.69) is 5.32 Å². The van der Waals surface area contributed by atoms with Gasteiger partial charge in [0, 0.05) is 19.6 Å². The molecule has 0 bridgehead atoms. The highest BCUT2D eigenvalue weighted by atomic mass is 19.4. The molecule has 1 fully saturated rings. The van der Waals surface area contributed by atoms with Gasteiger partial charge in [-0.05, 0) is 7.05 Å². The van der Waals surface area contributed by atoms with Crippen LogP contribution in [0.2, 0.25) is 0 Å². The van der Waals surface area contributed by atoms with Gasteiger partial charge in [-0.1, -0.05) is 0 Å². The number of hydrogen-bond donors (Lipinski definition) is 1. The lowest BCUT2D eigenvalue weighted by molar-refractivity contribution is -0.161. The number of likely N-dealkylation sites (N-methyl/N-ethyl adjacent to an activating group) is 1. The molecule has 1 aliphatic rings. The van der Waals surface area contributed by atoms with E-state index < -0.39 is 12.2 Å². The summed E-state index contributed by atoms with van der Waals surface area (Å²) in [6.07, 6.45) is -4.13. The summed E-state index contributed by atoms with van der Waals surface area (Å²) in [5.41, 5.74) is 0. The standard InChI is InChI=1S/C6H10F3N2/c1-11-3-2-10-5(4-11)6(7,8)9/h2,5,10H,3-4H2,1H3. The Morgan fingerprint density at radius 1 is 1.55 bits per heavy atom. The first-order valence-corrected chi connectivity index (χ1v) is 3.33. The number of nitrogens with one attached hydrogen (secondary N) is 1. The summed E-state index contributed by atoms with van der Waals surface area (Å²) >= 11 is 0. The average molecular weight is 167 g/mol. The molecule has 0 aromatic rings. The second-order valence-electron chi connectivity index (χ2n) is 2.69. The van der Waals surface area contributed by atoms with Gasteiger partial charge in [0.25, 0.3) is 0 Å². The van der Waals surface area contributed by atoms with Gasteiger partial charge in [-0.2, -0.15) is 13.2 Å². The molecule has 0 aromatic carbocycles. The van der Waals surface area contributed by atoms with E-state index in [0.29, 0.717) is 6.54 Å². The molecule has 65 valence electrons. The van der Waals surface area contributed by atoms with Crippen molar-refractivity contribution in [2.45, 2.75) is 12.2 Å². The van der Waals surface area contributed by atoms with Crippen molar-refractivity contribution in [2.75, 3.05) is 20.1 Å². The largest absolute Gasteiger partial charge is 0.405 e. The molecule has 0 aliphatic carbocycles. The van der Waals surface area contributed by atoms with Gasteiger partial charge in [-0.3, -0.25) is 5.32 Å². The summed E-state index contributed by atoms with van der Waals surface area (Å²) in [5, 5.41) is 2.30. The van der Waals surface area contributed by atoms with Gasteiger partial charge >= 0.3 is 6.18 Å². The van der Waals surface area contributed by atoms with Gasteiger partial charge in [-0.25, -0.2) is 0 Å². The van der Waals surface area contributed by atoms with Crippen LogP contribution >= 0.6 is 0 Å². The van der Waals surface area contributed by atoms with E-state index in [1.807, 2.05) is 0 Å². The molecule has 0 spiro atoms. The van der Waals surface area contributed by atoms with E-state index in [-0.39, 0.29) is 6.54 Å². The third kappa shape index (κ3) is 2.34. The molecule has 1 unspecified atom stereocenters. The molecule has 0 amide bonds. The number of hydrogen-bond acceptors (Lipinski definition) is 2. The van der Waals surface area contributed by atoms with Crippen molar-refractivity contribution in [3.8, 4) is 0 Å². The molecule has 5 heteroatoms. The van der Waals surface area contributed by atoms with Gasteiger partial charge in [-0.15, -0.1) is 0 Å². The molecule has 2 nitrogen and oxygen atoms in total. The maximum absolute atomic E-state index is 12.0. The fourth-order valence-corrected chi connectivity index (χ4v) is 0.988. The predicted molar refractivity (Wildman–Crippen MR) is 34.8 cm³/mol. The Balaban J connectivity index is 2.46. The van der Waals surface area contributed by atoms with Gasteiger partial charge in [0.2, 0.25) is 0 Å². The summed E-state index contributed by atoms with van der Waals surface area (Å²) in [6.45, 7) is 2.02. The minimum absolute atomic E-state index is 0.0278. The van der Waals surface area contributed by atoms with Crippen LogP contribution < -0.4 is 5.32 Å². The zero-order chi connectivity index (χ0) is 8.48. The molecule has 0 saturated carbocycles. The molecule has 1 atom stereocenters. The van der Waals surface area contributed by atoms with Crippen LogP contribution in [0.15, 0.2) is 0 Å². The molecule has 11 heavy (non-hydrogen) atoms. The van der Waals surface area contributed by atoms with E-state index in [4.69, 9.17) is 0 Å². The van der Waals surface area contributed by atoms with Crippen LogP contribution in [-0.2, 0) is 0 Å². The summed E-state index contributed by atoms with van der Waals surface area (Å²) in [7, 11) is 1.66. The Morgan fingerprint density at radius 2 is 2.18 bits per heavy atom. The summed E-state index contributed by atoms with van der Waals surface area (Å²) in [6, 6.07) is -1.40. The highest BCUT2D eigenvalue weighted by molar-refractivity contribution is 4.87. The second-order valence-corrected chi connectivity index (χ2v) is 2.69. The number of alkyl halides is 3. The molecule has 1 radical (unpaired) electrons. The summed E-state index contributed by atoms with van der Waals surface area (Å²) < 4.78 is 36.0. The molecular formula is C6H10F3N2. The van der Waals surface area contributed by atoms with E-state index >= 15 is 0 Å². The Labute approximate surface area is 63.4 Å². The first-order chi connectivity index (χ1) is 5.00. The van der Waals surface area contributed by atoms with Gasteiger partial charge < -0.3 is 4.90 Å². The molecule has 1 N–H and O–H groups in total. The summed E-state index contributed by atoms with van der Waals surface area (Å²) in [4.78, 5) is 1.62. The van der Waals surface area contributed by atoms with Gasteiger partial charge in [0.1, 0.15) is 6.04 Å². The molecule has 1 aliphatic heterocycles. The van der Waals surface area contributed by atoms with Crippen LogP contribution in [0.1, 0.15) is 0 Å². The third-order valence-electron chi connectivity index (χ3n) is 1.61. The zero-order valence-electron chi connectivity index (χ0n) is 6.15. The van der Waals surface area contributed by atoms with Crippen LogP contribution in [0, 0.1) is 6.54 Å². The number of nitrogens with zero attached hydrogens (tertiary/aromatic N) is 1. The zero-order valence-corrected chi connectivity index (χ0v) is 6.15.